The lowest BCUT2D eigenvalue weighted by Gasteiger charge is -2.21. The van der Waals surface area contributed by atoms with E-state index in [2.05, 4.69) is 125 Å². The molecule has 0 heterocycles. The summed E-state index contributed by atoms with van der Waals surface area (Å²) in [5.74, 6) is -2.20. The molecule has 0 fully saturated rings. The molecule has 0 radical (unpaired) electrons. The van der Waals surface area contributed by atoms with E-state index in [-0.39, 0.29) is 25.7 Å². The van der Waals surface area contributed by atoms with E-state index in [1.54, 1.807) is 0 Å². The largest absolute Gasteiger partial charge is 0.472 e. The maximum atomic E-state index is 13.1. The van der Waals surface area contributed by atoms with Crippen molar-refractivity contribution in [3.8, 4) is 0 Å². The van der Waals surface area contributed by atoms with E-state index in [9.17, 15) is 43.2 Å². The van der Waals surface area contributed by atoms with Gasteiger partial charge in [-0.25, -0.2) is 9.13 Å². The molecule has 0 spiro atoms. The van der Waals surface area contributed by atoms with Crippen LogP contribution in [0.25, 0.3) is 0 Å². The van der Waals surface area contributed by atoms with Crippen LogP contribution in [0, 0.1) is 0 Å². The van der Waals surface area contributed by atoms with Gasteiger partial charge in [0.25, 0.3) is 0 Å². The third-order valence-electron chi connectivity index (χ3n) is 16.5. The Hall–Kier alpha value is -4.02. The first kappa shape index (κ1) is 96.0. The van der Waals surface area contributed by atoms with Gasteiger partial charge >= 0.3 is 39.5 Å². The smallest absolute Gasteiger partial charge is 0.462 e. The summed E-state index contributed by atoms with van der Waals surface area (Å²) in [5.41, 5.74) is 0. The van der Waals surface area contributed by atoms with E-state index >= 15 is 0 Å². The van der Waals surface area contributed by atoms with E-state index in [4.69, 9.17) is 37.0 Å². The Morgan fingerprint density at radius 1 is 0.290 bits per heavy atom. The second-order valence-corrected chi connectivity index (χ2v) is 29.2. The predicted molar refractivity (Wildman–Crippen MR) is 409 cm³/mol. The van der Waals surface area contributed by atoms with Gasteiger partial charge in [0, 0.05) is 25.7 Å². The number of rotatable bonds is 74. The van der Waals surface area contributed by atoms with Crippen LogP contribution >= 0.6 is 15.6 Å². The van der Waals surface area contributed by atoms with E-state index in [0.29, 0.717) is 25.7 Å². The summed E-state index contributed by atoms with van der Waals surface area (Å²) in [4.78, 5) is 73.0. The van der Waals surface area contributed by atoms with Crippen LogP contribution in [0.2, 0.25) is 0 Å². The van der Waals surface area contributed by atoms with Gasteiger partial charge in [-0.3, -0.25) is 37.3 Å². The number of ether oxygens (including phenoxy) is 4. The first-order chi connectivity index (χ1) is 48.7. The Morgan fingerprint density at radius 2 is 0.540 bits per heavy atom. The number of phosphoric ester groups is 2. The van der Waals surface area contributed by atoms with Gasteiger partial charge in [-0.15, -0.1) is 0 Å². The predicted octanol–water partition coefficient (Wildman–Crippen LogP) is 22.8. The van der Waals surface area contributed by atoms with Gasteiger partial charge in [0.1, 0.15) is 19.3 Å². The maximum Gasteiger partial charge on any atom is 0.472 e. The van der Waals surface area contributed by atoms with Gasteiger partial charge in [-0.2, -0.15) is 0 Å². The van der Waals surface area contributed by atoms with Gasteiger partial charge in [0.05, 0.1) is 26.4 Å². The number of aliphatic hydroxyl groups excluding tert-OH is 1. The monoisotopic (exact) mass is 1450 g/mol. The number of allylic oxidation sites excluding steroid dienone is 16. The minimum absolute atomic E-state index is 0.0766. The number of phosphoric acid groups is 2. The standard InChI is InChI=1S/C81H142O17P2/c1-5-9-13-17-21-25-29-33-36-37-40-43-46-50-54-58-62-66-79(84)92-71-76(97-80(85)67-63-59-55-51-47-41-32-28-24-20-16-12-8-4)73-95-99(87,88)93-69-75(82)70-94-100(89,90)96-74-77(98-81(86)68-64-60-56-52-48-44-39-35-31-27-23-19-15-11-7-3)72-91-78(83)65-61-57-53-49-45-42-38-34-30-26-22-18-14-10-6-2/h9-10,13-14,16,20-22,25-26,28,32-34,36,38,75-77,82H,5-8,11-12,15,17-19,23-24,27,29-31,35,37,39-74H2,1-4H3,(H,87,88)(H,89,90)/b13-9-,14-10-,20-16-,25-21-,26-22-,32-28-,36-33-,38-34-. The van der Waals surface area contributed by atoms with Crippen molar-refractivity contribution >= 4 is 39.5 Å². The number of unbranched alkanes of at least 4 members (excludes halogenated alkanes) is 32. The van der Waals surface area contributed by atoms with Crippen molar-refractivity contribution < 1.29 is 80.2 Å². The lowest BCUT2D eigenvalue weighted by Crippen LogP contribution is -2.30. The van der Waals surface area contributed by atoms with Crippen LogP contribution in [0.1, 0.15) is 336 Å². The summed E-state index contributed by atoms with van der Waals surface area (Å²) < 4.78 is 68.6. The molecule has 0 saturated heterocycles. The van der Waals surface area contributed by atoms with Crippen molar-refractivity contribution in [3.63, 3.8) is 0 Å². The third-order valence-corrected chi connectivity index (χ3v) is 18.4. The molecule has 0 saturated carbocycles. The molecule has 0 aliphatic carbocycles. The molecular formula is C81H142O17P2. The zero-order valence-corrected chi connectivity index (χ0v) is 64.9. The lowest BCUT2D eigenvalue weighted by molar-refractivity contribution is -0.161. The maximum absolute atomic E-state index is 13.1. The van der Waals surface area contributed by atoms with Crippen molar-refractivity contribution in [1.82, 2.24) is 0 Å². The molecule has 100 heavy (non-hydrogen) atoms. The summed E-state index contributed by atoms with van der Waals surface area (Å²) in [5, 5.41) is 10.6. The Morgan fingerprint density at radius 3 is 0.840 bits per heavy atom. The molecule has 0 aromatic heterocycles. The fourth-order valence-corrected chi connectivity index (χ4v) is 12.2. The molecule has 19 heteroatoms. The SMILES string of the molecule is CC/C=C\C/C=C\C/C=C\CCCCCCCCCC(=O)OCC(COP(=O)(O)OCC(O)COP(=O)(O)OCC(COC(=O)CCCCCCC/C=C\C/C=C\C/C=C\CC)OC(=O)CCCCCCCCCCCCCCCCC)OC(=O)CCCCCCC/C=C\C/C=C\CCC. The van der Waals surface area contributed by atoms with Crippen LogP contribution in [0.4, 0.5) is 0 Å². The minimum atomic E-state index is -4.98. The molecule has 5 atom stereocenters. The number of aliphatic hydroxyl groups is 1. The van der Waals surface area contributed by atoms with Gasteiger partial charge < -0.3 is 33.8 Å². The quantitative estimate of drug-likeness (QED) is 0.0169. The highest BCUT2D eigenvalue weighted by atomic mass is 31.2. The van der Waals surface area contributed by atoms with Crippen LogP contribution in [0.15, 0.2) is 97.2 Å². The van der Waals surface area contributed by atoms with Crippen molar-refractivity contribution in [3.05, 3.63) is 97.2 Å². The molecule has 0 aliphatic rings. The van der Waals surface area contributed by atoms with E-state index in [1.807, 2.05) is 0 Å². The number of carbonyl (C=O) groups excluding carboxylic acids is 4. The molecule has 578 valence electrons. The Bertz CT molecular complexity index is 2270. The van der Waals surface area contributed by atoms with Crippen molar-refractivity contribution in [2.45, 2.75) is 354 Å². The van der Waals surface area contributed by atoms with Gasteiger partial charge in [-0.1, -0.05) is 292 Å². The summed E-state index contributed by atoms with van der Waals surface area (Å²) in [6.45, 7) is 4.59. The van der Waals surface area contributed by atoms with Crippen molar-refractivity contribution in [1.29, 1.82) is 0 Å². The Labute approximate surface area is 607 Å². The third kappa shape index (κ3) is 72.3. The summed E-state index contributed by atoms with van der Waals surface area (Å²) >= 11 is 0. The fraction of sp³-hybridized carbons (Fsp3) is 0.753. The molecular weight excluding hydrogens is 1310 g/mol. The molecule has 0 amide bonds. The van der Waals surface area contributed by atoms with E-state index in [1.165, 1.54) is 64.2 Å². The van der Waals surface area contributed by atoms with Crippen LogP contribution < -0.4 is 0 Å². The van der Waals surface area contributed by atoms with Crippen LogP contribution in [-0.4, -0.2) is 96.7 Å². The van der Waals surface area contributed by atoms with Gasteiger partial charge in [0.15, 0.2) is 12.2 Å². The van der Waals surface area contributed by atoms with Gasteiger partial charge in [-0.05, 0) is 116 Å². The molecule has 17 nitrogen and oxygen atoms in total. The summed E-state index contributed by atoms with van der Waals surface area (Å²) in [6.07, 6.45) is 76.7. The van der Waals surface area contributed by atoms with Crippen LogP contribution in [0.3, 0.4) is 0 Å². The first-order valence-electron chi connectivity index (χ1n) is 39.5. The zero-order valence-electron chi connectivity index (χ0n) is 63.1. The van der Waals surface area contributed by atoms with Crippen LogP contribution in [0.5, 0.6) is 0 Å². The minimum Gasteiger partial charge on any atom is -0.462 e. The van der Waals surface area contributed by atoms with Crippen LogP contribution in [-0.2, 0) is 65.4 Å². The zero-order chi connectivity index (χ0) is 73.2. The topological polar surface area (TPSA) is 237 Å². The molecule has 0 rings (SSSR count). The normalized spacial score (nSPS) is 14.4. The average Bonchev–Trinajstić information content (AvgIpc) is 0.965. The highest BCUT2D eigenvalue weighted by Gasteiger charge is 2.30. The number of hydrogen-bond acceptors (Lipinski definition) is 15. The molecule has 5 unspecified atom stereocenters. The second kappa shape index (κ2) is 73.3. The highest BCUT2D eigenvalue weighted by molar-refractivity contribution is 7.47. The lowest BCUT2D eigenvalue weighted by atomic mass is 10.0. The first-order valence-corrected chi connectivity index (χ1v) is 42.5. The Balaban J connectivity index is 5.35. The van der Waals surface area contributed by atoms with Crippen molar-refractivity contribution in [2.75, 3.05) is 39.6 Å². The molecule has 0 aromatic rings. The molecule has 0 aliphatic heterocycles. The molecule has 0 bridgehead atoms. The van der Waals surface area contributed by atoms with Crippen molar-refractivity contribution in [2.24, 2.45) is 0 Å². The van der Waals surface area contributed by atoms with E-state index < -0.39 is 97.5 Å². The Kier molecular flexibility index (Phi) is 70.4. The fourth-order valence-electron chi connectivity index (χ4n) is 10.6. The van der Waals surface area contributed by atoms with Gasteiger partial charge in [0.2, 0.25) is 0 Å². The molecule has 3 N–H and O–H groups in total. The number of esters is 4. The second-order valence-electron chi connectivity index (χ2n) is 26.2. The average molecular weight is 1450 g/mol. The summed E-state index contributed by atoms with van der Waals surface area (Å²) in [7, 11) is -9.96. The number of carbonyl (C=O) groups is 4. The molecule has 0 aromatic carbocycles. The highest BCUT2D eigenvalue weighted by Crippen LogP contribution is 2.45. The number of hydrogen-bond donors (Lipinski definition) is 3. The van der Waals surface area contributed by atoms with E-state index in [0.717, 1.165) is 193 Å². The summed E-state index contributed by atoms with van der Waals surface area (Å²) in [6, 6.07) is 0.